The molecule has 0 aliphatic carbocycles. The first-order chi connectivity index (χ1) is 23.6. The molecule has 0 bridgehead atoms. The summed E-state index contributed by atoms with van der Waals surface area (Å²) in [5, 5.41) is 12.9. The number of nitrogens with zero attached hydrogens (tertiary/aromatic N) is 10. The van der Waals surface area contributed by atoms with Crippen LogP contribution in [0.15, 0.2) is 73.2 Å². The van der Waals surface area contributed by atoms with Gasteiger partial charge in [-0.15, -0.1) is 0 Å². The Hall–Kier alpha value is -4.92. The maximum atomic E-state index is 6.24. The van der Waals surface area contributed by atoms with Crippen molar-refractivity contribution >= 4 is 37.4 Å². The molecule has 0 amide bonds. The molecule has 0 unspecified atom stereocenters. The minimum absolute atomic E-state index is 0.423. The van der Waals surface area contributed by atoms with Crippen molar-refractivity contribution in [2.75, 3.05) is 49.8 Å². The predicted molar refractivity (Wildman–Crippen MR) is 187 cm³/mol. The smallest absolute Gasteiger partial charge is 0.232 e. The molecule has 2 aromatic carbocycles. The summed E-state index contributed by atoms with van der Waals surface area (Å²) in [6.45, 7) is 9.45. The van der Waals surface area contributed by atoms with Crippen LogP contribution in [0, 0.1) is 0 Å². The molecule has 4 aromatic heterocycles. The first kappa shape index (κ1) is 31.7. The molecule has 0 radical (unpaired) electrons. The number of hydrogen-bond donors (Lipinski definition) is 0. The molecule has 13 nitrogen and oxygen atoms in total. The number of aromatic nitrogens is 8. The standard InChI is InChI=1S/C34H40N10O3Si/c1-45-27-10-8-25(9-11-27)22-42(23-31-38-29-6-4-5-7-30(29)43(31)24-47-18-19-48(2)3)34-40-33(41-14-16-46-17-15-41)39-32-28(21-37-44(32)34)26-12-13-35-36-20-26/h4-13,20-21,48H,14-19,22-24H2,1-3H3. The van der Waals surface area contributed by atoms with Crippen molar-refractivity contribution in [3.63, 3.8) is 0 Å². The molecule has 5 heterocycles. The van der Waals surface area contributed by atoms with Crippen molar-refractivity contribution in [2.24, 2.45) is 0 Å². The van der Waals surface area contributed by atoms with Crippen LogP contribution in [-0.2, 0) is 29.3 Å². The van der Waals surface area contributed by atoms with E-state index in [9.17, 15) is 0 Å². The van der Waals surface area contributed by atoms with E-state index in [1.165, 1.54) is 0 Å². The minimum atomic E-state index is -0.726. The number of morpholine rings is 1. The van der Waals surface area contributed by atoms with Gasteiger partial charge in [0, 0.05) is 46.2 Å². The Labute approximate surface area is 280 Å². The van der Waals surface area contributed by atoms with Crippen molar-refractivity contribution in [3.8, 4) is 16.9 Å². The number of benzene rings is 2. The van der Waals surface area contributed by atoms with Gasteiger partial charge < -0.3 is 28.6 Å². The molecular formula is C34H40N10O3Si. The number of para-hydroxylation sites is 2. The van der Waals surface area contributed by atoms with E-state index in [4.69, 9.17) is 34.3 Å². The number of fused-ring (bicyclic) bond motifs is 2. The van der Waals surface area contributed by atoms with E-state index in [2.05, 4.69) is 55.9 Å². The molecule has 0 saturated carbocycles. The van der Waals surface area contributed by atoms with Gasteiger partial charge in [-0.05, 0) is 41.9 Å². The normalized spacial score (nSPS) is 13.5. The van der Waals surface area contributed by atoms with Crippen LogP contribution in [0.1, 0.15) is 11.4 Å². The molecule has 1 fully saturated rings. The molecule has 0 spiro atoms. The van der Waals surface area contributed by atoms with Crippen LogP contribution < -0.4 is 14.5 Å². The topological polar surface area (TPSA) is 121 Å². The SMILES string of the molecule is COc1ccc(CN(Cc2nc3ccccc3n2COCC[SiH](C)C)c2nc(N3CCOCC3)nc3c(-c4ccnnc4)cnn23)cc1. The monoisotopic (exact) mass is 664 g/mol. The number of hydrogen-bond acceptors (Lipinski definition) is 11. The first-order valence-electron chi connectivity index (χ1n) is 16.3. The molecular weight excluding hydrogens is 625 g/mol. The van der Waals surface area contributed by atoms with E-state index in [1.54, 1.807) is 19.5 Å². The molecule has 7 rings (SSSR count). The first-order valence-corrected chi connectivity index (χ1v) is 19.5. The summed E-state index contributed by atoms with van der Waals surface area (Å²) >= 11 is 0. The predicted octanol–water partition coefficient (Wildman–Crippen LogP) is 4.44. The summed E-state index contributed by atoms with van der Waals surface area (Å²) in [5.41, 5.74) is 5.45. The van der Waals surface area contributed by atoms with Gasteiger partial charge >= 0.3 is 0 Å². The van der Waals surface area contributed by atoms with Crippen LogP contribution in [0.25, 0.3) is 27.8 Å². The van der Waals surface area contributed by atoms with Gasteiger partial charge in [-0.25, -0.2) is 4.98 Å². The lowest BCUT2D eigenvalue weighted by atomic mass is 10.2. The van der Waals surface area contributed by atoms with Gasteiger partial charge in [-0.1, -0.05) is 37.4 Å². The molecule has 14 heteroatoms. The van der Waals surface area contributed by atoms with E-state index in [-0.39, 0.29) is 0 Å². The fourth-order valence-electron chi connectivity index (χ4n) is 5.80. The average Bonchev–Trinajstić information content (AvgIpc) is 3.71. The van der Waals surface area contributed by atoms with Crippen LogP contribution in [-0.4, -0.2) is 88.1 Å². The zero-order valence-corrected chi connectivity index (χ0v) is 28.7. The molecule has 1 aliphatic heterocycles. The highest BCUT2D eigenvalue weighted by molar-refractivity contribution is 6.55. The van der Waals surface area contributed by atoms with Gasteiger partial charge in [0.05, 0.1) is 56.5 Å². The molecule has 0 N–H and O–H groups in total. The third-order valence-corrected chi connectivity index (χ3v) is 9.86. The Bertz CT molecular complexity index is 1960. The molecule has 48 heavy (non-hydrogen) atoms. The quantitative estimate of drug-likeness (QED) is 0.129. The lowest BCUT2D eigenvalue weighted by Gasteiger charge is -2.29. The Morgan fingerprint density at radius 1 is 0.917 bits per heavy atom. The number of imidazole rings is 1. The Balaban J connectivity index is 1.35. The largest absolute Gasteiger partial charge is 0.497 e. The molecule has 1 saturated heterocycles. The highest BCUT2D eigenvalue weighted by Gasteiger charge is 2.25. The van der Waals surface area contributed by atoms with Gasteiger partial charge in [0.1, 0.15) is 18.3 Å². The fourth-order valence-corrected chi connectivity index (χ4v) is 6.44. The third-order valence-electron chi connectivity index (χ3n) is 8.47. The van der Waals surface area contributed by atoms with E-state index < -0.39 is 8.80 Å². The van der Waals surface area contributed by atoms with Crippen LogP contribution >= 0.6 is 0 Å². The van der Waals surface area contributed by atoms with Crippen LogP contribution in [0.2, 0.25) is 19.1 Å². The summed E-state index contributed by atoms with van der Waals surface area (Å²) in [4.78, 5) is 19.8. The highest BCUT2D eigenvalue weighted by atomic mass is 28.3. The summed E-state index contributed by atoms with van der Waals surface area (Å²) < 4.78 is 21.4. The van der Waals surface area contributed by atoms with Crippen molar-refractivity contribution < 1.29 is 14.2 Å². The number of methoxy groups -OCH3 is 1. The van der Waals surface area contributed by atoms with Gasteiger partial charge in [0.15, 0.2) is 5.65 Å². The minimum Gasteiger partial charge on any atom is -0.497 e. The van der Waals surface area contributed by atoms with Crippen molar-refractivity contribution in [1.82, 2.24) is 39.3 Å². The van der Waals surface area contributed by atoms with E-state index in [1.807, 2.05) is 47.1 Å². The highest BCUT2D eigenvalue weighted by Crippen LogP contribution is 2.29. The lowest BCUT2D eigenvalue weighted by molar-refractivity contribution is 0.0882. The molecule has 6 aromatic rings. The molecule has 1 aliphatic rings. The third kappa shape index (κ3) is 6.86. The van der Waals surface area contributed by atoms with Gasteiger partial charge in [-0.3, -0.25) is 0 Å². The molecule has 248 valence electrons. The van der Waals surface area contributed by atoms with E-state index in [0.29, 0.717) is 63.7 Å². The Morgan fingerprint density at radius 2 is 1.75 bits per heavy atom. The van der Waals surface area contributed by atoms with Crippen LogP contribution in [0.5, 0.6) is 5.75 Å². The summed E-state index contributed by atoms with van der Waals surface area (Å²) in [5.74, 6) is 2.95. The fraction of sp³-hybridized carbons (Fsp3) is 0.353. The second-order valence-corrected chi connectivity index (χ2v) is 15.6. The lowest BCUT2D eigenvalue weighted by Crippen LogP contribution is -2.38. The van der Waals surface area contributed by atoms with Crippen molar-refractivity contribution in [2.45, 2.75) is 39.0 Å². The second-order valence-electron chi connectivity index (χ2n) is 12.2. The van der Waals surface area contributed by atoms with E-state index in [0.717, 1.165) is 51.9 Å². The average molecular weight is 665 g/mol. The zero-order valence-electron chi connectivity index (χ0n) is 27.6. The molecule has 0 atom stereocenters. The summed E-state index contributed by atoms with van der Waals surface area (Å²) in [7, 11) is 0.950. The Kier molecular flexibility index (Phi) is 9.54. The number of anilines is 2. The maximum absolute atomic E-state index is 6.24. The zero-order chi connectivity index (χ0) is 32.9. The van der Waals surface area contributed by atoms with Crippen molar-refractivity contribution in [1.29, 1.82) is 0 Å². The summed E-state index contributed by atoms with van der Waals surface area (Å²) in [6.07, 6.45) is 5.22. The van der Waals surface area contributed by atoms with Gasteiger partial charge in [0.25, 0.3) is 0 Å². The Morgan fingerprint density at radius 3 is 2.52 bits per heavy atom. The van der Waals surface area contributed by atoms with E-state index >= 15 is 0 Å². The van der Waals surface area contributed by atoms with Crippen LogP contribution in [0.3, 0.4) is 0 Å². The van der Waals surface area contributed by atoms with Gasteiger partial charge in [0.2, 0.25) is 11.9 Å². The van der Waals surface area contributed by atoms with Crippen molar-refractivity contribution in [3.05, 3.63) is 84.6 Å². The maximum Gasteiger partial charge on any atom is 0.232 e. The second kappa shape index (κ2) is 14.5. The van der Waals surface area contributed by atoms with Crippen LogP contribution in [0.4, 0.5) is 11.9 Å². The summed E-state index contributed by atoms with van der Waals surface area (Å²) in [6, 6.07) is 19.4. The number of ether oxygens (including phenoxy) is 3. The van der Waals surface area contributed by atoms with Gasteiger partial charge in [-0.2, -0.15) is 29.8 Å². The number of rotatable bonds is 13.